The molecule has 0 radical (unpaired) electrons. The fourth-order valence-corrected chi connectivity index (χ4v) is 2.21. The normalized spacial score (nSPS) is 15.5. The largest absolute Gasteiger partial charge is 0.340 e. The molecule has 94 valence electrons. The predicted molar refractivity (Wildman–Crippen MR) is 71.8 cm³/mol. The summed E-state index contributed by atoms with van der Waals surface area (Å²) in [4.78, 5) is 14.2. The Hall–Kier alpha value is -0.0500. The Labute approximate surface area is 108 Å². The minimum atomic E-state index is 0.379. The van der Waals surface area contributed by atoms with Crippen molar-refractivity contribution in [3.8, 4) is 0 Å². The van der Waals surface area contributed by atoms with Gasteiger partial charge in [0.2, 0.25) is 5.91 Å². The van der Waals surface area contributed by atoms with E-state index < -0.39 is 0 Å². The van der Waals surface area contributed by atoms with Crippen molar-refractivity contribution in [3.05, 3.63) is 0 Å². The van der Waals surface area contributed by atoms with Gasteiger partial charge in [-0.1, -0.05) is 29.8 Å². The van der Waals surface area contributed by atoms with E-state index >= 15 is 0 Å². The summed E-state index contributed by atoms with van der Waals surface area (Å²) in [6.07, 6.45) is 6.45. The summed E-state index contributed by atoms with van der Waals surface area (Å²) in [7, 11) is 0. The lowest BCUT2D eigenvalue weighted by Gasteiger charge is -2.23. The van der Waals surface area contributed by atoms with Crippen LogP contribution in [0.4, 0.5) is 0 Å². The fraction of sp³-hybridized carbons (Fsp3) is 0.923. The summed E-state index contributed by atoms with van der Waals surface area (Å²) in [5.74, 6) is 1.07. The molecule has 0 aromatic carbocycles. The maximum atomic E-state index is 12.0. The minimum Gasteiger partial charge on any atom is -0.340 e. The number of amides is 1. The molecule has 0 aliphatic heterocycles. The first-order chi connectivity index (χ1) is 7.65. The molecule has 0 bridgehead atoms. The third-order valence-electron chi connectivity index (χ3n) is 3.03. The summed E-state index contributed by atoms with van der Waals surface area (Å²) in [5.41, 5.74) is 0. The van der Waals surface area contributed by atoms with Gasteiger partial charge in [0, 0.05) is 24.3 Å². The summed E-state index contributed by atoms with van der Waals surface area (Å²) in [6, 6.07) is 0.579. The van der Waals surface area contributed by atoms with Crippen LogP contribution >= 0.6 is 15.9 Å². The van der Waals surface area contributed by atoms with Crippen molar-refractivity contribution in [2.24, 2.45) is 5.92 Å². The molecule has 2 nitrogen and oxygen atoms in total. The summed E-state index contributed by atoms with van der Waals surface area (Å²) in [5, 5.41) is 1.01. The average molecular weight is 290 g/mol. The van der Waals surface area contributed by atoms with Crippen LogP contribution in [0.3, 0.4) is 0 Å². The number of hydrogen-bond acceptors (Lipinski definition) is 1. The van der Waals surface area contributed by atoms with Gasteiger partial charge in [-0.25, -0.2) is 0 Å². The first-order valence-corrected chi connectivity index (χ1v) is 7.62. The molecule has 1 aliphatic carbocycles. The van der Waals surface area contributed by atoms with Crippen molar-refractivity contribution in [2.75, 3.05) is 11.9 Å². The predicted octanol–water partition coefficient (Wildman–Crippen LogP) is 3.59. The molecule has 1 fully saturated rings. The maximum absolute atomic E-state index is 12.0. The molecule has 1 aliphatic rings. The van der Waals surface area contributed by atoms with Gasteiger partial charge in [0.05, 0.1) is 0 Å². The van der Waals surface area contributed by atoms with Crippen LogP contribution < -0.4 is 0 Å². The number of rotatable bonds is 8. The zero-order valence-corrected chi connectivity index (χ0v) is 12.1. The van der Waals surface area contributed by atoms with Gasteiger partial charge in [-0.2, -0.15) is 0 Å². The van der Waals surface area contributed by atoms with E-state index in [1.807, 2.05) is 0 Å². The highest BCUT2D eigenvalue weighted by atomic mass is 79.9. The zero-order chi connectivity index (χ0) is 12.0. The van der Waals surface area contributed by atoms with E-state index in [1.165, 1.54) is 12.8 Å². The molecule has 0 spiro atoms. The lowest BCUT2D eigenvalue weighted by molar-refractivity contribution is -0.132. The first kappa shape index (κ1) is 14.0. The molecule has 0 saturated heterocycles. The Bertz CT molecular complexity index is 214. The van der Waals surface area contributed by atoms with Crippen molar-refractivity contribution < 1.29 is 4.79 Å². The Balaban J connectivity index is 2.28. The highest BCUT2D eigenvalue weighted by Gasteiger charge is 2.31. The number of halogens is 1. The van der Waals surface area contributed by atoms with Crippen LogP contribution in [0.5, 0.6) is 0 Å². The van der Waals surface area contributed by atoms with Crippen LogP contribution in [0.1, 0.15) is 52.4 Å². The highest BCUT2D eigenvalue weighted by molar-refractivity contribution is 9.09. The fourth-order valence-electron chi connectivity index (χ4n) is 1.81. The SMILES string of the molecule is CC(C)CCN(C(=O)CCCCBr)C1CC1. The van der Waals surface area contributed by atoms with Crippen LogP contribution in [0, 0.1) is 5.92 Å². The third kappa shape index (κ3) is 5.33. The molecule has 0 unspecified atom stereocenters. The van der Waals surface area contributed by atoms with Gasteiger partial charge in [-0.15, -0.1) is 0 Å². The number of carbonyl (C=O) groups excluding carboxylic acids is 1. The van der Waals surface area contributed by atoms with Crippen molar-refractivity contribution in [2.45, 2.75) is 58.4 Å². The van der Waals surface area contributed by atoms with Crippen LogP contribution in [0.15, 0.2) is 0 Å². The Morgan fingerprint density at radius 3 is 2.56 bits per heavy atom. The van der Waals surface area contributed by atoms with Gasteiger partial charge >= 0.3 is 0 Å². The first-order valence-electron chi connectivity index (χ1n) is 6.50. The zero-order valence-electron chi connectivity index (χ0n) is 10.5. The average Bonchev–Trinajstić information content (AvgIpc) is 3.02. The van der Waals surface area contributed by atoms with Crippen LogP contribution in [-0.2, 0) is 4.79 Å². The summed E-state index contributed by atoms with van der Waals surface area (Å²) in [6.45, 7) is 5.41. The molecule has 0 N–H and O–H groups in total. The quantitative estimate of drug-likeness (QED) is 0.494. The highest BCUT2D eigenvalue weighted by Crippen LogP contribution is 2.28. The molecule has 16 heavy (non-hydrogen) atoms. The monoisotopic (exact) mass is 289 g/mol. The molecule has 0 aromatic heterocycles. The van der Waals surface area contributed by atoms with Gasteiger partial charge in [-0.3, -0.25) is 4.79 Å². The second-order valence-electron chi connectivity index (χ2n) is 5.15. The van der Waals surface area contributed by atoms with Crippen LogP contribution in [0.25, 0.3) is 0 Å². The Morgan fingerprint density at radius 1 is 1.38 bits per heavy atom. The standard InChI is InChI=1S/C13H24BrNO/c1-11(2)8-10-15(12-6-7-12)13(16)5-3-4-9-14/h11-12H,3-10H2,1-2H3. The smallest absolute Gasteiger partial charge is 0.222 e. The van der Waals surface area contributed by atoms with Crippen LogP contribution in [0.2, 0.25) is 0 Å². The molecule has 1 amide bonds. The van der Waals surface area contributed by atoms with Crippen molar-refractivity contribution >= 4 is 21.8 Å². The van der Waals surface area contributed by atoms with E-state index in [2.05, 4.69) is 34.7 Å². The Morgan fingerprint density at radius 2 is 2.06 bits per heavy atom. The maximum Gasteiger partial charge on any atom is 0.222 e. The number of unbranched alkanes of at least 4 members (excludes halogenated alkanes) is 1. The lowest BCUT2D eigenvalue weighted by Crippen LogP contribution is -2.34. The van der Waals surface area contributed by atoms with Gasteiger partial charge in [0.15, 0.2) is 0 Å². The third-order valence-corrected chi connectivity index (χ3v) is 3.59. The molecule has 0 atom stereocenters. The van der Waals surface area contributed by atoms with Crippen molar-refractivity contribution in [1.82, 2.24) is 4.90 Å². The second kappa shape index (κ2) is 7.31. The summed E-state index contributed by atoms with van der Waals surface area (Å²) < 4.78 is 0. The topological polar surface area (TPSA) is 20.3 Å². The molecule has 3 heteroatoms. The molecule has 0 heterocycles. The van der Waals surface area contributed by atoms with E-state index in [-0.39, 0.29) is 0 Å². The van der Waals surface area contributed by atoms with Crippen molar-refractivity contribution in [1.29, 1.82) is 0 Å². The summed E-state index contributed by atoms with van der Waals surface area (Å²) >= 11 is 3.40. The number of alkyl halides is 1. The number of hydrogen-bond donors (Lipinski definition) is 0. The second-order valence-corrected chi connectivity index (χ2v) is 5.94. The number of nitrogens with zero attached hydrogens (tertiary/aromatic N) is 1. The van der Waals surface area contributed by atoms with Gasteiger partial charge in [0.1, 0.15) is 0 Å². The minimum absolute atomic E-state index is 0.379. The number of carbonyl (C=O) groups is 1. The van der Waals surface area contributed by atoms with Gasteiger partial charge in [-0.05, 0) is 38.0 Å². The van der Waals surface area contributed by atoms with Crippen molar-refractivity contribution in [3.63, 3.8) is 0 Å². The van der Waals surface area contributed by atoms with Gasteiger partial charge < -0.3 is 4.90 Å². The lowest BCUT2D eigenvalue weighted by atomic mass is 10.1. The molecule has 1 saturated carbocycles. The van der Waals surface area contributed by atoms with E-state index in [1.54, 1.807) is 0 Å². The molecule has 0 aromatic rings. The molecule has 1 rings (SSSR count). The molecular formula is C13H24BrNO. The van der Waals surface area contributed by atoms with Crippen LogP contribution in [-0.4, -0.2) is 28.7 Å². The van der Waals surface area contributed by atoms with E-state index in [4.69, 9.17) is 0 Å². The van der Waals surface area contributed by atoms with Gasteiger partial charge in [0.25, 0.3) is 0 Å². The molecular weight excluding hydrogens is 266 g/mol. The van der Waals surface area contributed by atoms with E-state index in [9.17, 15) is 4.79 Å². The Kier molecular flexibility index (Phi) is 6.40. The van der Waals surface area contributed by atoms with E-state index in [0.29, 0.717) is 17.9 Å². The van der Waals surface area contributed by atoms with E-state index in [0.717, 1.165) is 37.6 Å².